The molecule has 1 fully saturated rings. The zero-order valence-electron chi connectivity index (χ0n) is 10.3. The van der Waals surface area contributed by atoms with Crippen LogP contribution >= 0.6 is 0 Å². The Kier molecular flexibility index (Phi) is 4.73. The number of hydrogen-bond donors (Lipinski definition) is 1. The Morgan fingerprint density at radius 2 is 1.88 bits per heavy atom. The normalized spacial score (nSPS) is 16.4. The maximum Gasteiger partial charge on any atom is 0.242 e. The second kappa shape index (κ2) is 5.84. The minimum Gasteiger partial charge on any atom is -0.339 e. The van der Waals surface area contributed by atoms with Crippen molar-refractivity contribution in [3.8, 4) is 0 Å². The Morgan fingerprint density at radius 1 is 1.31 bits per heavy atom. The van der Waals surface area contributed by atoms with Crippen LogP contribution < -0.4 is 5.32 Å². The van der Waals surface area contributed by atoms with E-state index in [0.717, 1.165) is 26.2 Å². The minimum atomic E-state index is -0.0431. The monoisotopic (exact) mass is 227 g/mol. The lowest BCUT2D eigenvalue weighted by Crippen LogP contribution is -2.51. The molecule has 0 atom stereocenters. The lowest BCUT2D eigenvalue weighted by Gasteiger charge is -2.31. The van der Waals surface area contributed by atoms with Crippen LogP contribution in [0.5, 0.6) is 0 Å². The standard InChI is InChI=1S/C11H21N3O2/c1-9(2)14(10(3)15)8-11(16)13-6-4-12-5-7-13/h9,12H,4-8H2,1-3H3. The number of rotatable bonds is 3. The van der Waals surface area contributed by atoms with Gasteiger partial charge in [0.25, 0.3) is 0 Å². The van der Waals surface area contributed by atoms with Crippen LogP contribution in [0.3, 0.4) is 0 Å². The maximum absolute atomic E-state index is 11.9. The van der Waals surface area contributed by atoms with Crippen LogP contribution in [0.15, 0.2) is 0 Å². The van der Waals surface area contributed by atoms with Gasteiger partial charge in [0.1, 0.15) is 0 Å². The third-order valence-corrected chi connectivity index (χ3v) is 2.80. The quantitative estimate of drug-likeness (QED) is 0.718. The number of carbonyl (C=O) groups excluding carboxylic acids is 2. The number of amides is 2. The van der Waals surface area contributed by atoms with Crippen molar-refractivity contribution in [1.82, 2.24) is 15.1 Å². The summed E-state index contributed by atoms with van der Waals surface area (Å²) in [4.78, 5) is 26.7. The van der Waals surface area contributed by atoms with E-state index >= 15 is 0 Å². The van der Waals surface area contributed by atoms with Gasteiger partial charge in [-0.05, 0) is 13.8 Å². The predicted octanol–water partition coefficient (Wildman–Crippen LogP) is -0.325. The fraction of sp³-hybridized carbons (Fsp3) is 0.818. The van der Waals surface area contributed by atoms with E-state index in [1.54, 1.807) is 4.90 Å². The zero-order valence-corrected chi connectivity index (χ0v) is 10.3. The lowest BCUT2D eigenvalue weighted by atomic mass is 10.3. The molecule has 16 heavy (non-hydrogen) atoms. The van der Waals surface area contributed by atoms with Gasteiger partial charge in [-0.3, -0.25) is 9.59 Å². The first-order valence-corrected chi connectivity index (χ1v) is 5.78. The van der Waals surface area contributed by atoms with Crippen molar-refractivity contribution in [3.05, 3.63) is 0 Å². The summed E-state index contributed by atoms with van der Waals surface area (Å²) in [7, 11) is 0. The number of carbonyl (C=O) groups is 2. The van der Waals surface area contributed by atoms with Gasteiger partial charge in [-0.25, -0.2) is 0 Å². The van der Waals surface area contributed by atoms with Crippen molar-refractivity contribution in [2.45, 2.75) is 26.8 Å². The van der Waals surface area contributed by atoms with Crippen molar-refractivity contribution in [2.75, 3.05) is 32.7 Å². The van der Waals surface area contributed by atoms with E-state index in [0.29, 0.717) is 0 Å². The van der Waals surface area contributed by atoms with Gasteiger partial charge in [0.05, 0.1) is 6.54 Å². The fourth-order valence-corrected chi connectivity index (χ4v) is 1.82. The van der Waals surface area contributed by atoms with Crippen LogP contribution in [0.1, 0.15) is 20.8 Å². The average molecular weight is 227 g/mol. The molecular weight excluding hydrogens is 206 g/mol. The molecule has 0 aliphatic carbocycles. The molecule has 0 spiro atoms. The summed E-state index contributed by atoms with van der Waals surface area (Å²) in [6, 6.07) is 0.0735. The molecular formula is C11H21N3O2. The summed E-state index contributed by atoms with van der Waals surface area (Å²) in [6.45, 7) is 8.71. The molecule has 1 saturated heterocycles. The van der Waals surface area contributed by atoms with Gasteiger partial charge in [-0.2, -0.15) is 0 Å². The molecule has 1 aliphatic heterocycles. The summed E-state index contributed by atoms with van der Waals surface area (Å²) in [5, 5.41) is 3.19. The molecule has 0 saturated carbocycles. The van der Waals surface area contributed by atoms with Crippen LogP contribution in [-0.2, 0) is 9.59 Å². The first-order valence-electron chi connectivity index (χ1n) is 5.78. The van der Waals surface area contributed by atoms with Crippen LogP contribution in [0.4, 0.5) is 0 Å². The van der Waals surface area contributed by atoms with Gasteiger partial charge in [-0.1, -0.05) is 0 Å². The molecule has 1 rings (SSSR count). The topological polar surface area (TPSA) is 52.7 Å². The first-order chi connectivity index (χ1) is 7.52. The van der Waals surface area contributed by atoms with Crippen LogP contribution in [0.2, 0.25) is 0 Å². The largest absolute Gasteiger partial charge is 0.339 e. The highest BCUT2D eigenvalue weighted by Gasteiger charge is 2.21. The highest BCUT2D eigenvalue weighted by molar-refractivity contribution is 5.84. The van der Waals surface area contributed by atoms with E-state index in [1.807, 2.05) is 18.7 Å². The smallest absolute Gasteiger partial charge is 0.242 e. The Bertz CT molecular complexity index is 260. The number of nitrogens with zero attached hydrogens (tertiary/aromatic N) is 2. The van der Waals surface area contributed by atoms with Gasteiger partial charge in [0, 0.05) is 39.1 Å². The first kappa shape index (κ1) is 13.0. The van der Waals surface area contributed by atoms with Gasteiger partial charge >= 0.3 is 0 Å². The van der Waals surface area contributed by atoms with E-state index in [1.165, 1.54) is 6.92 Å². The summed E-state index contributed by atoms with van der Waals surface area (Å²) < 4.78 is 0. The Morgan fingerprint density at radius 3 is 2.31 bits per heavy atom. The van der Waals surface area contributed by atoms with Crippen molar-refractivity contribution in [3.63, 3.8) is 0 Å². The fourth-order valence-electron chi connectivity index (χ4n) is 1.82. The average Bonchev–Trinajstić information content (AvgIpc) is 2.25. The SMILES string of the molecule is CC(=O)N(CC(=O)N1CCNCC1)C(C)C. The molecule has 2 amide bonds. The van der Waals surface area contributed by atoms with Gasteiger partial charge in [0.15, 0.2) is 0 Å². The molecule has 0 aromatic carbocycles. The molecule has 1 aliphatic rings. The van der Waals surface area contributed by atoms with E-state index < -0.39 is 0 Å². The molecule has 0 bridgehead atoms. The molecule has 1 heterocycles. The molecule has 5 heteroatoms. The van der Waals surface area contributed by atoms with Crippen molar-refractivity contribution in [2.24, 2.45) is 0 Å². The van der Waals surface area contributed by atoms with Crippen LogP contribution in [-0.4, -0.2) is 60.4 Å². The zero-order chi connectivity index (χ0) is 12.1. The Labute approximate surface area is 96.8 Å². The third kappa shape index (κ3) is 3.48. The van der Waals surface area contributed by atoms with Crippen LogP contribution in [0.25, 0.3) is 0 Å². The van der Waals surface area contributed by atoms with Gasteiger partial charge in [0.2, 0.25) is 11.8 Å². The Balaban J connectivity index is 2.50. The minimum absolute atomic E-state index is 0.0431. The number of hydrogen-bond acceptors (Lipinski definition) is 3. The number of nitrogens with one attached hydrogen (secondary N) is 1. The summed E-state index contributed by atoms with van der Waals surface area (Å²) in [5.74, 6) is 0.00360. The van der Waals surface area contributed by atoms with E-state index in [-0.39, 0.29) is 24.4 Å². The molecule has 0 aromatic rings. The summed E-state index contributed by atoms with van der Waals surface area (Å²) in [5.41, 5.74) is 0. The molecule has 1 N–H and O–H groups in total. The molecule has 92 valence electrons. The summed E-state index contributed by atoms with van der Waals surface area (Å²) in [6.07, 6.45) is 0. The highest BCUT2D eigenvalue weighted by atomic mass is 16.2. The van der Waals surface area contributed by atoms with E-state index in [4.69, 9.17) is 0 Å². The number of piperazine rings is 1. The lowest BCUT2D eigenvalue weighted by molar-refractivity contribution is -0.141. The molecule has 5 nitrogen and oxygen atoms in total. The van der Waals surface area contributed by atoms with Crippen molar-refractivity contribution < 1.29 is 9.59 Å². The molecule has 0 unspecified atom stereocenters. The second-order valence-corrected chi connectivity index (χ2v) is 4.37. The van der Waals surface area contributed by atoms with E-state index in [2.05, 4.69) is 5.32 Å². The molecule has 0 radical (unpaired) electrons. The second-order valence-electron chi connectivity index (χ2n) is 4.37. The molecule has 0 aromatic heterocycles. The summed E-state index contributed by atoms with van der Waals surface area (Å²) >= 11 is 0. The predicted molar refractivity (Wildman–Crippen MR) is 62.0 cm³/mol. The van der Waals surface area contributed by atoms with Gasteiger partial charge in [-0.15, -0.1) is 0 Å². The highest BCUT2D eigenvalue weighted by Crippen LogP contribution is 2.02. The maximum atomic E-state index is 11.9. The van der Waals surface area contributed by atoms with Crippen LogP contribution in [0, 0.1) is 0 Å². The van der Waals surface area contributed by atoms with E-state index in [9.17, 15) is 9.59 Å². The third-order valence-electron chi connectivity index (χ3n) is 2.80. The van der Waals surface area contributed by atoms with Crippen molar-refractivity contribution in [1.29, 1.82) is 0 Å². The van der Waals surface area contributed by atoms with Crippen molar-refractivity contribution >= 4 is 11.8 Å². The van der Waals surface area contributed by atoms with Gasteiger partial charge < -0.3 is 15.1 Å². The Hall–Kier alpha value is -1.10.